The Hall–Kier alpha value is -2.90. The van der Waals surface area contributed by atoms with Crippen molar-refractivity contribution >= 4 is 29.5 Å². The molecule has 1 aliphatic carbocycles. The van der Waals surface area contributed by atoms with Crippen LogP contribution in [0.25, 0.3) is 0 Å². The molecule has 8 nitrogen and oxygen atoms in total. The van der Waals surface area contributed by atoms with Gasteiger partial charge < -0.3 is 15.0 Å². The summed E-state index contributed by atoms with van der Waals surface area (Å²) < 4.78 is 5.21. The maximum atomic E-state index is 12.9. The predicted octanol–water partition coefficient (Wildman–Crippen LogP) is 2.08. The molecule has 1 N–H and O–H groups in total. The normalized spacial score (nSPS) is 24.9. The molecule has 1 aliphatic heterocycles. The van der Waals surface area contributed by atoms with Crippen LogP contribution >= 0.6 is 0 Å². The summed E-state index contributed by atoms with van der Waals surface area (Å²) in [7, 11) is 1.59. The summed E-state index contributed by atoms with van der Waals surface area (Å²) in [6.45, 7) is 2.90. The lowest BCUT2D eigenvalue weighted by molar-refractivity contribution is -0.156. The van der Waals surface area contributed by atoms with E-state index in [9.17, 15) is 19.2 Å². The number of hydrogen-bond acceptors (Lipinski definition) is 5. The number of likely N-dealkylation sites (N-methyl/N-ethyl adjacent to an activating group) is 1. The van der Waals surface area contributed by atoms with Crippen molar-refractivity contribution in [3.05, 3.63) is 30.3 Å². The van der Waals surface area contributed by atoms with Crippen LogP contribution in [0.15, 0.2) is 30.3 Å². The Morgan fingerprint density at radius 1 is 1.28 bits per heavy atom. The zero-order valence-corrected chi connectivity index (χ0v) is 17.0. The summed E-state index contributed by atoms with van der Waals surface area (Å²) in [5, 5.41) is 2.79. The third-order valence-corrected chi connectivity index (χ3v) is 5.92. The molecule has 0 bridgehead atoms. The summed E-state index contributed by atoms with van der Waals surface area (Å²) in [6, 6.07) is 8.39. The molecule has 1 spiro atoms. The van der Waals surface area contributed by atoms with Crippen LogP contribution in [0.1, 0.15) is 39.5 Å². The largest absolute Gasteiger partial charge is 0.451 e. The van der Waals surface area contributed by atoms with Gasteiger partial charge in [0.1, 0.15) is 12.1 Å². The van der Waals surface area contributed by atoms with Gasteiger partial charge in [0.15, 0.2) is 6.10 Å². The van der Waals surface area contributed by atoms with Gasteiger partial charge in [-0.2, -0.15) is 0 Å². The van der Waals surface area contributed by atoms with E-state index < -0.39 is 36.1 Å². The third kappa shape index (κ3) is 3.97. The van der Waals surface area contributed by atoms with Gasteiger partial charge >= 0.3 is 12.0 Å². The molecule has 8 heteroatoms. The van der Waals surface area contributed by atoms with Crippen LogP contribution in [0.3, 0.4) is 0 Å². The molecule has 2 fully saturated rings. The summed E-state index contributed by atoms with van der Waals surface area (Å²) >= 11 is 0. The van der Waals surface area contributed by atoms with Gasteiger partial charge in [-0.05, 0) is 37.8 Å². The average Bonchev–Trinajstić information content (AvgIpc) is 2.94. The van der Waals surface area contributed by atoms with Gasteiger partial charge in [-0.3, -0.25) is 19.3 Å². The second-order valence-corrected chi connectivity index (χ2v) is 7.80. The van der Waals surface area contributed by atoms with E-state index in [0.29, 0.717) is 12.1 Å². The van der Waals surface area contributed by atoms with Crippen molar-refractivity contribution < 1.29 is 23.9 Å². The molecule has 156 valence electrons. The molecule has 4 amide bonds. The molecule has 3 unspecified atom stereocenters. The number of imide groups is 1. The highest BCUT2D eigenvalue weighted by Gasteiger charge is 2.55. The van der Waals surface area contributed by atoms with Gasteiger partial charge in [0, 0.05) is 12.7 Å². The fourth-order valence-electron chi connectivity index (χ4n) is 4.10. The predicted molar refractivity (Wildman–Crippen MR) is 106 cm³/mol. The molecular formula is C21H27N3O5. The van der Waals surface area contributed by atoms with E-state index in [-0.39, 0.29) is 11.8 Å². The zero-order valence-electron chi connectivity index (χ0n) is 17.0. The van der Waals surface area contributed by atoms with E-state index in [1.165, 1.54) is 11.8 Å². The minimum absolute atomic E-state index is 0.00810. The van der Waals surface area contributed by atoms with Crippen molar-refractivity contribution in [1.82, 2.24) is 10.2 Å². The number of carbonyl (C=O) groups is 4. The number of anilines is 1. The van der Waals surface area contributed by atoms with Gasteiger partial charge in [0.05, 0.1) is 0 Å². The van der Waals surface area contributed by atoms with Crippen molar-refractivity contribution in [1.29, 1.82) is 0 Å². The Morgan fingerprint density at radius 2 is 1.97 bits per heavy atom. The lowest BCUT2D eigenvalue weighted by Crippen LogP contribution is -2.54. The van der Waals surface area contributed by atoms with E-state index in [1.807, 2.05) is 13.0 Å². The maximum Gasteiger partial charge on any atom is 0.327 e. The first-order valence-electron chi connectivity index (χ1n) is 9.92. The van der Waals surface area contributed by atoms with Crippen LogP contribution in [-0.2, 0) is 19.1 Å². The van der Waals surface area contributed by atoms with E-state index in [2.05, 4.69) is 5.32 Å². The number of rotatable bonds is 5. The first-order chi connectivity index (χ1) is 13.8. The molecule has 1 aromatic carbocycles. The van der Waals surface area contributed by atoms with Crippen molar-refractivity contribution in [2.24, 2.45) is 5.92 Å². The second kappa shape index (κ2) is 8.23. The molecule has 1 heterocycles. The number of para-hydroxylation sites is 1. The molecule has 29 heavy (non-hydrogen) atoms. The number of amides is 4. The summed E-state index contributed by atoms with van der Waals surface area (Å²) in [5.74, 6) is -1.57. The number of nitrogens with one attached hydrogen (secondary N) is 1. The Morgan fingerprint density at radius 3 is 2.62 bits per heavy atom. The van der Waals surface area contributed by atoms with Crippen molar-refractivity contribution in [3.63, 3.8) is 0 Å². The first kappa shape index (κ1) is 20.8. The molecule has 3 atom stereocenters. The Balaban J connectivity index is 1.61. The molecule has 0 radical (unpaired) electrons. The van der Waals surface area contributed by atoms with Crippen LogP contribution in [0.2, 0.25) is 0 Å². The summed E-state index contributed by atoms with van der Waals surface area (Å²) in [5.41, 5.74) is -0.257. The second-order valence-electron chi connectivity index (χ2n) is 7.80. The number of nitrogens with zero attached hydrogens (tertiary/aromatic N) is 2. The van der Waals surface area contributed by atoms with Crippen molar-refractivity contribution in [3.8, 4) is 0 Å². The van der Waals surface area contributed by atoms with Crippen LogP contribution in [0, 0.1) is 5.92 Å². The number of benzene rings is 1. The maximum absolute atomic E-state index is 12.9. The molecule has 1 aromatic rings. The van der Waals surface area contributed by atoms with Gasteiger partial charge in [-0.25, -0.2) is 4.79 Å². The SMILES string of the molecule is CC(OC(=O)CN1C(=O)NC2(CCCCC2C)C1=O)C(=O)N(C)c1ccccc1. The molecule has 3 rings (SSSR count). The highest BCUT2D eigenvalue weighted by atomic mass is 16.5. The van der Waals surface area contributed by atoms with Crippen LogP contribution < -0.4 is 10.2 Å². The van der Waals surface area contributed by atoms with Gasteiger partial charge in [0.2, 0.25) is 0 Å². The summed E-state index contributed by atoms with van der Waals surface area (Å²) in [6.07, 6.45) is 2.24. The minimum Gasteiger partial charge on any atom is -0.451 e. The van der Waals surface area contributed by atoms with Crippen LogP contribution in [0.4, 0.5) is 10.5 Å². The smallest absolute Gasteiger partial charge is 0.327 e. The third-order valence-electron chi connectivity index (χ3n) is 5.92. The molecule has 2 aliphatic rings. The average molecular weight is 401 g/mol. The highest BCUT2D eigenvalue weighted by molar-refractivity contribution is 6.09. The Labute approximate surface area is 170 Å². The number of hydrogen-bond donors (Lipinski definition) is 1. The Kier molecular flexibility index (Phi) is 5.91. The lowest BCUT2D eigenvalue weighted by Gasteiger charge is -2.36. The van der Waals surface area contributed by atoms with Crippen molar-refractivity contribution in [2.75, 3.05) is 18.5 Å². The quantitative estimate of drug-likeness (QED) is 0.602. The fraction of sp³-hybridized carbons (Fsp3) is 0.524. The van der Waals surface area contributed by atoms with E-state index in [1.54, 1.807) is 31.3 Å². The minimum atomic E-state index is -1.05. The monoisotopic (exact) mass is 401 g/mol. The van der Waals surface area contributed by atoms with Gasteiger partial charge in [-0.15, -0.1) is 0 Å². The zero-order chi connectivity index (χ0) is 21.2. The summed E-state index contributed by atoms with van der Waals surface area (Å²) in [4.78, 5) is 52.4. The van der Waals surface area contributed by atoms with Gasteiger partial charge in [0.25, 0.3) is 11.8 Å². The van der Waals surface area contributed by atoms with Gasteiger partial charge in [-0.1, -0.05) is 38.0 Å². The molecular weight excluding hydrogens is 374 g/mol. The molecule has 1 saturated heterocycles. The molecule has 0 aromatic heterocycles. The molecule has 1 saturated carbocycles. The lowest BCUT2D eigenvalue weighted by atomic mass is 9.73. The highest BCUT2D eigenvalue weighted by Crippen LogP contribution is 2.38. The number of esters is 1. The number of carbonyl (C=O) groups excluding carboxylic acids is 4. The number of urea groups is 1. The van der Waals surface area contributed by atoms with E-state index >= 15 is 0 Å². The topological polar surface area (TPSA) is 96.0 Å². The Bertz CT molecular complexity index is 812. The van der Waals surface area contributed by atoms with Crippen molar-refractivity contribution in [2.45, 2.75) is 51.2 Å². The standard InChI is InChI=1S/C21H27N3O5/c1-14-9-7-8-12-21(14)19(27)24(20(28)22-21)13-17(25)29-15(2)18(26)23(3)16-10-5-4-6-11-16/h4-6,10-11,14-15H,7-9,12-13H2,1-3H3,(H,22,28). The fourth-order valence-corrected chi connectivity index (χ4v) is 4.10. The van der Waals surface area contributed by atoms with E-state index in [0.717, 1.165) is 24.2 Å². The van der Waals surface area contributed by atoms with Crippen LogP contribution in [0.5, 0.6) is 0 Å². The first-order valence-corrected chi connectivity index (χ1v) is 9.92. The van der Waals surface area contributed by atoms with E-state index in [4.69, 9.17) is 4.74 Å². The van der Waals surface area contributed by atoms with Crippen LogP contribution in [-0.4, -0.2) is 54.0 Å². The number of ether oxygens (including phenoxy) is 1.